The normalized spacial score (nSPS) is 27.2. The zero-order valence-corrected chi connectivity index (χ0v) is 15.7. The highest BCUT2D eigenvalue weighted by molar-refractivity contribution is 5.87. The topological polar surface area (TPSA) is 88.2 Å². The average molecular weight is 355 g/mol. The number of ether oxygens (including phenoxy) is 2. The molecule has 2 aliphatic rings. The van der Waals surface area contributed by atoms with E-state index >= 15 is 0 Å². The predicted molar refractivity (Wildman–Crippen MR) is 91.1 cm³/mol. The third-order valence-electron chi connectivity index (χ3n) is 4.60. The molecule has 2 aliphatic heterocycles. The number of hydrogen-bond acceptors (Lipinski definition) is 5. The second-order valence-corrected chi connectivity index (χ2v) is 7.73. The van der Waals surface area contributed by atoms with Gasteiger partial charge < -0.3 is 24.6 Å². The third-order valence-corrected chi connectivity index (χ3v) is 4.60. The van der Waals surface area contributed by atoms with E-state index in [1.54, 1.807) is 20.8 Å². The molecule has 2 heterocycles. The Labute approximate surface area is 148 Å². The molecular formula is C17H29N3O5. The Bertz CT molecular complexity index is 531. The molecule has 3 amide bonds. The third kappa shape index (κ3) is 4.76. The fraction of sp³-hybridized carbons (Fsp3) is 0.824. The molecule has 0 spiro atoms. The van der Waals surface area contributed by atoms with E-state index in [1.165, 1.54) is 12.0 Å². The van der Waals surface area contributed by atoms with Gasteiger partial charge in [0, 0.05) is 18.6 Å². The van der Waals surface area contributed by atoms with Crippen LogP contribution >= 0.6 is 0 Å². The van der Waals surface area contributed by atoms with E-state index in [0.29, 0.717) is 13.0 Å². The van der Waals surface area contributed by atoms with Crippen molar-refractivity contribution in [2.45, 2.75) is 70.7 Å². The highest BCUT2D eigenvalue weighted by Crippen LogP contribution is 2.28. The molecule has 2 fully saturated rings. The van der Waals surface area contributed by atoms with Crippen molar-refractivity contribution in [2.75, 3.05) is 20.2 Å². The van der Waals surface area contributed by atoms with Gasteiger partial charge in [-0.05, 0) is 47.0 Å². The van der Waals surface area contributed by atoms with Crippen LogP contribution < -0.4 is 5.32 Å². The highest BCUT2D eigenvalue weighted by atomic mass is 16.6. The summed E-state index contributed by atoms with van der Waals surface area (Å²) < 4.78 is 10.1. The zero-order valence-electron chi connectivity index (χ0n) is 15.7. The molecule has 0 aromatic carbocycles. The summed E-state index contributed by atoms with van der Waals surface area (Å²) in [7, 11) is 1.31. The van der Waals surface area contributed by atoms with Gasteiger partial charge in [-0.15, -0.1) is 0 Å². The maximum absolute atomic E-state index is 13.0. The molecule has 0 aromatic heterocycles. The maximum atomic E-state index is 13.0. The van der Waals surface area contributed by atoms with E-state index in [2.05, 4.69) is 5.32 Å². The van der Waals surface area contributed by atoms with Crippen LogP contribution in [0.15, 0.2) is 0 Å². The summed E-state index contributed by atoms with van der Waals surface area (Å²) in [5.41, 5.74) is -0.666. The summed E-state index contributed by atoms with van der Waals surface area (Å²) in [6.07, 6.45) is 1.38. The molecule has 0 aromatic rings. The monoisotopic (exact) mass is 355 g/mol. The van der Waals surface area contributed by atoms with Crippen molar-refractivity contribution in [1.29, 1.82) is 0 Å². The maximum Gasteiger partial charge on any atom is 0.409 e. The molecule has 8 nitrogen and oxygen atoms in total. The van der Waals surface area contributed by atoms with E-state index < -0.39 is 23.8 Å². The fourth-order valence-electron chi connectivity index (χ4n) is 3.48. The van der Waals surface area contributed by atoms with Crippen LogP contribution in [0.25, 0.3) is 0 Å². The Kier molecular flexibility index (Phi) is 5.80. The molecular weight excluding hydrogens is 326 g/mol. The fourth-order valence-corrected chi connectivity index (χ4v) is 3.48. The first kappa shape index (κ1) is 19.3. The van der Waals surface area contributed by atoms with Gasteiger partial charge in [0.25, 0.3) is 0 Å². The van der Waals surface area contributed by atoms with Gasteiger partial charge in [-0.25, -0.2) is 9.59 Å². The van der Waals surface area contributed by atoms with Gasteiger partial charge >= 0.3 is 12.2 Å². The molecule has 3 atom stereocenters. The van der Waals surface area contributed by atoms with E-state index in [1.807, 2.05) is 11.8 Å². The first-order valence-electron chi connectivity index (χ1n) is 8.77. The number of alkyl carbamates (subject to hydrolysis) is 1. The standard InChI is InChI=1S/C17H29N3O5/c1-11-6-7-12-8-9-19(16(23)24-5)10-13(14(21)20(11)12)18-15(22)25-17(2,3)4/h11-13H,6-10H2,1-5H3,(H,18,22). The lowest BCUT2D eigenvalue weighted by Gasteiger charge is -2.38. The Morgan fingerprint density at radius 2 is 1.88 bits per heavy atom. The highest BCUT2D eigenvalue weighted by Gasteiger charge is 2.41. The molecule has 0 saturated carbocycles. The van der Waals surface area contributed by atoms with E-state index in [9.17, 15) is 14.4 Å². The second kappa shape index (κ2) is 7.49. The number of nitrogens with zero attached hydrogens (tertiary/aromatic N) is 2. The van der Waals surface area contributed by atoms with Crippen LogP contribution in [-0.2, 0) is 14.3 Å². The van der Waals surface area contributed by atoms with Crippen molar-refractivity contribution in [1.82, 2.24) is 15.1 Å². The van der Waals surface area contributed by atoms with Crippen molar-refractivity contribution >= 4 is 18.1 Å². The number of carbonyl (C=O) groups is 3. The number of rotatable bonds is 1. The Hall–Kier alpha value is -1.99. The number of fused-ring (bicyclic) bond motifs is 1. The Morgan fingerprint density at radius 3 is 2.48 bits per heavy atom. The number of carbonyl (C=O) groups excluding carboxylic acids is 3. The van der Waals surface area contributed by atoms with Crippen molar-refractivity contribution in [3.63, 3.8) is 0 Å². The van der Waals surface area contributed by atoms with Crippen LogP contribution in [-0.4, -0.2) is 71.8 Å². The molecule has 0 bridgehead atoms. The van der Waals surface area contributed by atoms with Crippen LogP contribution in [0.1, 0.15) is 47.0 Å². The molecule has 0 aliphatic carbocycles. The summed E-state index contributed by atoms with van der Waals surface area (Å²) >= 11 is 0. The summed E-state index contributed by atoms with van der Waals surface area (Å²) in [6.45, 7) is 7.84. The van der Waals surface area contributed by atoms with Gasteiger partial charge in [-0.3, -0.25) is 4.79 Å². The number of hydrogen-bond donors (Lipinski definition) is 1. The lowest BCUT2D eigenvalue weighted by molar-refractivity contribution is -0.137. The lowest BCUT2D eigenvalue weighted by atomic mass is 10.1. The quantitative estimate of drug-likeness (QED) is 0.774. The Morgan fingerprint density at radius 1 is 1.20 bits per heavy atom. The first-order chi connectivity index (χ1) is 11.6. The average Bonchev–Trinajstić information content (AvgIpc) is 2.86. The molecule has 8 heteroatoms. The van der Waals surface area contributed by atoms with Gasteiger partial charge in [-0.2, -0.15) is 0 Å². The van der Waals surface area contributed by atoms with E-state index in [4.69, 9.17) is 9.47 Å². The van der Waals surface area contributed by atoms with Crippen LogP contribution in [0.5, 0.6) is 0 Å². The van der Waals surface area contributed by atoms with E-state index in [0.717, 1.165) is 12.8 Å². The molecule has 2 rings (SSSR count). The van der Waals surface area contributed by atoms with Crippen LogP contribution in [0.3, 0.4) is 0 Å². The first-order valence-corrected chi connectivity index (χ1v) is 8.77. The predicted octanol–water partition coefficient (Wildman–Crippen LogP) is 1.73. The number of amides is 3. The minimum Gasteiger partial charge on any atom is -0.453 e. The number of nitrogens with one attached hydrogen (secondary N) is 1. The molecule has 25 heavy (non-hydrogen) atoms. The molecule has 0 radical (unpaired) electrons. The van der Waals surface area contributed by atoms with Gasteiger partial charge in [-0.1, -0.05) is 0 Å². The summed E-state index contributed by atoms with van der Waals surface area (Å²) in [5, 5.41) is 2.63. The molecule has 2 saturated heterocycles. The molecule has 1 N–H and O–H groups in total. The summed E-state index contributed by atoms with van der Waals surface area (Å²) in [6, 6.07) is -0.639. The van der Waals surface area contributed by atoms with Crippen molar-refractivity contribution in [3.8, 4) is 0 Å². The summed E-state index contributed by atoms with van der Waals surface area (Å²) in [4.78, 5) is 40.5. The minimum atomic E-state index is -0.850. The lowest BCUT2D eigenvalue weighted by Crippen LogP contribution is -2.59. The van der Waals surface area contributed by atoms with Crippen molar-refractivity contribution < 1.29 is 23.9 Å². The van der Waals surface area contributed by atoms with Crippen molar-refractivity contribution in [3.05, 3.63) is 0 Å². The van der Waals surface area contributed by atoms with Gasteiger partial charge in [0.1, 0.15) is 11.6 Å². The SMILES string of the molecule is COC(=O)N1CCC2CCC(C)N2C(=O)C(NC(=O)OC(C)(C)C)C1. The smallest absolute Gasteiger partial charge is 0.409 e. The van der Waals surface area contributed by atoms with Gasteiger partial charge in [0.05, 0.1) is 13.7 Å². The van der Waals surface area contributed by atoms with Crippen LogP contribution in [0.2, 0.25) is 0 Å². The minimum absolute atomic E-state index is 0.0701. The van der Waals surface area contributed by atoms with E-state index in [-0.39, 0.29) is 24.5 Å². The largest absolute Gasteiger partial charge is 0.453 e. The van der Waals surface area contributed by atoms with Crippen LogP contribution in [0, 0.1) is 0 Å². The summed E-state index contributed by atoms with van der Waals surface area (Å²) in [5.74, 6) is -0.172. The van der Waals surface area contributed by atoms with Gasteiger partial charge in [0.15, 0.2) is 0 Å². The van der Waals surface area contributed by atoms with Crippen molar-refractivity contribution in [2.24, 2.45) is 0 Å². The zero-order chi connectivity index (χ0) is 18.8. The molecule has 142 valence electrons. The Balaban J connectivity index is 2.19. The number of methoxy groups -OCH3 is 1. The van der Waals surface area contributed by atoms with Gasteiger partial charge in [0.2, 0.25) is 5.91 Å². The van der Waals surface area contributed by atoms with Crippen LogP contribution in [0.4, 0.5) is 9.59 Å². The molecule has 3 unspecified atom stereocenters. The second-order valence-electron chi connectivity index (χ2n) is 7.73.